The highest BCUT2D eigenvalue weighted by Gasteiger charge is 2.19. The molecule has 21 heavy (non-hydrogen) atoms. The minimum absolute atomic E-state index is 0.407. The van der Waals surface area contributed by atoms with E-state index in [1.165, 1.54) is 12.0 Å². The van der Waals surface area contributed by atoms with Gasteiger partial charge in [-0.05, 0) is 53.1 Å². The van der Waals surface area contributed by atoms with Crippen LogP contribution in [0.4, 0.5) is 0 Å². The Morgan fingerprint density at radius 2 is 2.05 bits per heavy atom. The molecule has 1 N–H and O–H groups in total. The van der Waals surface area contributed by atoms with Gasteiger partial charge in [0.15, 0.2) is 0 Å². The Balaban J connectivity index is 1.69. The Hall–Kier alpha value is -1.23. The van der Waals surface area contributed by atoms with Gasteiger partial charge in [0.05, 0.1) is 5.69 Å². The summed E-state index contributed by atoms with van der Waals surface area (Å²) in [6, 6.07) is 15.3. The highest BCUT2D eigenvalue weighted by Crippen LogP contribution is 2.18. The van der Waals surface area contributed by atoms with Crippen molar-refractivity contribution in [1.29, 1.82) is 0 Å². The van der Waals surface area contributed by atoms with E-state index < -0.39 is 0 Å². The highest BCUT2D eigenvalue weighted by molar-refractivity contribution is 9.10. The standard InChI is InChI=1S/C17H20BrN3/c18-15-7-8-16(20-11-15)12-21-10-4-9-19-17(13-21)14-5-2-1-3-6-14/h1-3,5-8,11,17,19H,4,9-10,12-13H2. The van der Waals surface area contributed by atoms with E-state index in [1.54, 1.807) is 0 Å². The van der Waals surface area contributed by atoms with Crippen LogP contribution >= 0.6 is 15.9 Å². The molecule has 1 fully saturated rings. The van der Waals surface area contributed by atoms with Crippen LogP contribution in [0.2, 0.25) is 0 Å². The maximum absolute atomic E-state index is 4.49. The van der Waals surface area contributed by atoms with E-state index in [0.29, 0.717) is 6.04 Å². The summed E-state index contributed by atoms with van der Waals surface area (Å²) >= 11 is 3.44. The van der Waals surface area contributed by atoms with Crippen molar-refractivity contribution in [2.24, 2.45) is 0 Å². The average Bonchev–Trinajstić information content (AvgIpc) is 2.76. The van der Waals surface area contributed by atoms with Gasteiger partial charge in [-0.25, -0.2) is 0 Å². The Labute approximate surface area is 134 Å². The van der Waals surface area contributed by atoms with Crippen LogP contribution in [0.3, 0.4) is 0 Å². The summed E-state index contributed by atoms with van der Waals surface area (Å²) in [4.78, 5) is 6.99. The van der Waals surface area contributed by atoms with Crippen molar-refractivity contribution in [1.82, 2.24) is 15.2 Å². The van der Waals surface area contributed by atoms with Crippen LogP contribution in [0.15, 0.2) is 53.1 Å². The van der Waals surface area contributed by atoms with E-state index in [4.69, 9.17) is 0 Å². The largest absolute Gasteiger partial charge is 0.309 e. The maximum atomic E-state index is 4.49. The number of aromatic nitrogens is 1. The first-order chi connectivity index (χ1) is 10.3. The fraction of sp³-hybridized carbons (Fsp3) is 0.353. The van der Waals surface area contributed by atoms with Gasteiger partial charge in [0.2, 0.25) is 0 Å². The molecule has 1 aliphatic rings. The van der Waals surface area contributed by atoms with Gasteiger partial charge < -0.3 is 5.32 Å². The van der Waals surface area contributed by atoms with Crippen molar-refractivity contribution in [2.75, 3.05) is 19.6 Å². The summed E-state index contributed by atoms with van der Waals surface area (Å²) in [5.74, 6) is 0. The number of nitrogens with one attached hydrogen (secondary N) is 1. The van der Waals surface area contributed by atoms with Crippen molar-refractivity contribution in [2.45, 2.75) is 19.0 Å². The Morgan fingerprint density at radius 1 is 1.19 bits per heavy atom. The molecule has 0 radical (unpaired) electrons. The number of hydrogen-bond acceptors (Lipinski definition) is 3. The molecule has 1 aromatic heterocycles. The van der Waals surface area contributed by atoms with E-state index >= 15 is 0 Å². The zero-order valence-electron chi connectivity index (χ0n) is 12.0. The number of halogens is 1. The molecule has 1 saturated heterocycles. The maximum Gasteiger partial charge on any atom is 0.0544 e. The number of rotatable bonds is 3. The molecule has 2 aromatic rings. The fourth-order valence-electron chi connectivity index (χ4n) is 2.77. The molecular formula is C17H20BrN3. The van der Waals surface area contributed by atoms with Crippen molar-refractivity contribution in [3.05, 3.63) is 64.4 Å². The van der Waals surface area contributed by atoms with E-state index in [9.17, 15) is 0 Å². The molecule has 0 bridgehead atoms. The lowest BCUT2D eigenvalue weighted by atomic mass is 10.1. The zero-order valence-corrected chi connectivity index (χ0v) is 13.6. The molecule has 110 valence electrons. The van der Waals surface area contributed by atoms with Gasteiger partial charge >= 0.3 is 0 Å². The Kier molecular flexibility index (Phi) is 5.01. The molecular weight excluding hydrogens is 326 g/mol. The zero-order chi connectivity index (χ0) is 14.5. The van der Waals surface area contributed by atoms with E-state index in [2.05, 4.69) is 73.6 Å². The van der Waals surface area contributed by atoms with Crippen LogP contribution in [0, 0.1) is 0 Å². The lowest BCUT2D eigenvalue weighted by Crippen LogP contribution is -2.31. The number of nitrogens with zero attached hydrogens (tertiary/aromatic N) is 2. The lowest BCUT2D eigenvalue weighted by molar-refractivity contribution is 0.258. The fourth-order valence-corrected chi connectivity index (χ4v) is 3.01. The van der Waals surface area contributed by atoms with Crippen molar-refractivity contribution in [3.8, 4) is 0 Å². The van der Waals surface area contributed by atoms with Crippen molar-refractivity contribution < 1.29 is 0 Å². The SMILES string of the molecule is Brc1ccc(CN2CCCNC(c3ccccc3)C2)nc1. The predicted octanol–water partition coefficient (Wildman–Crippen LogP) is 3.38. The van der Waals surface area contributed by atoms with Crippen LogP contribution in [0.25, 0.3) is 0 Å². The number of pyridine rings is 1. The molecule has 1 unspecified atom stereocenters. The topological polar surface area (TPSA) is 28.2 Å². The molecule has 3 nitrogen and oxygen atoms in total. The monoisotopic (exact) mass is 345 g/mol. The van der Waals surface area contributed by atoms with Crippen LogP contribution in [0.1, 0.15) is 23.7 Å². The van der Waals surface area contributed by atoms with Gasteiger partial charge in [0.1, 0.15) is 0 Å². The quantitative estimate of drug-likeness (QED) is 0.924. The molecule has 0 aliphatic carbocycles. The molecule has 1 aliphatic heterocycles. The summed E-state index contributed by atoms with van der Waals surface area (Å²) < 4.78 is 1.03. The summed E-state index contributed by atoms with van der Waals surface area (Å²) in [5.41, 5.74) is 2.50. The Morgan fingerprint density at radius 3 is 2.81 bits per heavy atom. The van der Waals surface area contributed by atoms with Crippen LogP contribution < -0.4 is 5.32 Å². The molecule has 3 rings (SSSR count). The van der Waals surface area contributed by atoms with Crippen molar-refractivity contribution >= 4 is 15.9 Å². The summed E-state index contributed by atoms with van der Waals surface area (Å²) in [7, 11) is 0. The highest BCUT2D eigenvalue weighted by atomic mass is 79.9. The molecule has 4 heteroatoms. The third kappa shape index (κ3) is 4.13. The van der Waals surface area contributed by atoms with Crippen molar-refractivity contribution in [3.63, 3.8) is 0 Å². The smallest absolute Gasteiger partial charge is 0.0544 e. The third-order valence-corrected chi connectivity index (χ3v) is 4.33. The number of benzene rings is 1. The minimum Gasteiger partial charge on any atom is -0.309 e. The summed E-state index contributed by atoms with van der Waals surface area (Å²) in [6.07, 6.45) is 3.06. The minimum atomic E-state index is 0.407. The second-order valence-electron chi connectivity index (χ2n) is 5.47. The first kappa shape index (κ1) is 14.7. The number of hydrogen-bond donors (Lipinski definition) is 1. The summed E-state index contributed by atoms with van der Waals surface area (Å²) in [5, 5.41) is 3.65. The molecule has 1 atom stereocenters. The van der Waals surface area contributed by atoms with E-state index in [-0.39, 0.29) is 0 Å². The average molecular weight is 346 g/mol. The van der Waals surface area contributed by atoms with Crippen LogP contribution in [-0.4, -0.2) is 29.5 Å². The predicted molar refractivity (Wildman–Crippen MR) is 89.0 cm³/mol. The van der Waals surface area contributed by atoms with Crippen LogP contribution in [0.5, 0.6) is 0 Å². The Bertz CT molecular complexity index is 556. The first-order valence-corrected chi connectivity index (χ1v) is 8.22. The van der Waals surface area contributed by atoms with Gasteiger partial charge in [-0.1, -0.05) is 30.3 Å². The van der Waals surface area contributed by atoms with Gasteiger partial charge in [-0.15, -0.1) is 0 Å². The second-order valence-corrected chi connectivity index (χ2v) is 6.39. The van der Waals surface area contributed by atoms with Gasteiger partial charge in [0, 0.05) is 29.8 Å². The first-order valence-electron chi connectivity index (χ1n) is 7.42. The van der Waals surface area contributed by atoms with Gasteiger partial charge in [-0.2, -0.15) is 0 Å². The summed E-state index contributed by atoms with van der Waals surface area (Å²) in [6.45, 7) is 4.14. The molecule has 0 spiro atoms. The van der Waals surface area contributed by atoms with E-state index in [1.807, 2.05) is 6.20 Å². The van der Waals surface area contributed by atoms with E-state index in [0.717, 1.165) is 36.3 Å². The van der Waals surface area contributed by atoms with Gasteiger partial charge in [-0.3, -0.25) is 9.88 Å². The molecule has 1 aromatic carbocycles. The molecule has 2 heterocycles. The normalized spacial score (nSPS) is 20.1. The third-order valence-electron chi connectivity index (χ3n) is 3.86. The second kappa shape index (κ2) is 7.16. The van der Waals surface area contributed by atoms with Gasteiger partial charge in [0.25, 0.3) is 0 Å². The molecule has 0 saturated carbocycles. The molecule has 0 amide bonds. The van der Waals surface area contributed by atoms with Crippen LogP contribution in [-0.2, 0) is 6.54 Å². The lowest BCUT2D eigenvalue weighted by Gasteiger charge is -2.24.